The molecule has 0 aromatic heterocycles. The summed E-state index contributed by atoms with van der Waals surface area (Å²) >= 11 is 1.35. The van der Waals surface area contributed by atoms with Crippen LogP contribution in [-0.4, -0.2) is 33.7 Å². The lowest BCUT2D eigenvalue weighted by Crippen LogP contribution is -2.19. The van der Waals surface area contributed by atoms with Crippen LogP contribution in [0, 0.1) is 13.8 Å². The summed E-state index contributed by atoms with van der Waals surface area (Å²) in [5.74, 6) is 0. The second kappa shape index (κ2) is 7.72. The number of urea groups is 1. The van der Waals surface area contributed by atoms with Crippen molar-refractivity contribution in [3.05, 3.63) is 69.9 Å². The molecule has 134 valence electrons. The van der Waals surface area contributed by atoms with Gasteiger partial charge in [-0.05, 0) is 62.4 Å². The van der Waals surface area contributed by atoms with Gasteiger partial charge in [-0.25, -0.2) is 14.9 Å². The Bertz CT molecular complexity index is 861. The largest absolute Gasteiger partial charge is 0.343 e. The number of amidine groups is 1. The molecule has 7 heteroatoms. The van der Waals surface area contributed by atoms with Crippen LogP contribution in [0.2, 0.25) is 0 Å². The quantitative estimate of drug-likeness (QED) is 0.830. The number of aryl methyl sites for hydroxylation is 2. The molecule has 0 atom stereocenters. The zero-order valence-corrected chi connectivity index (χ0v) is 15.7. The molecule has 0 fully saturated rings. The van der Waals surface area contributed by atoms with Gasteiger partial charge in [0.1, 0.15) is 0 Å². The number of carbonyl (C=O) groups excluding carboxylic acids is 1. The number of allylic oxidation sites excluding steroid dienone is 4. The molecule has 0 aliphatic carbocycles. The second-order valence-corrected chi connectivity index (χ2v) is 6.94. The van der Waals surface area contributed by atoms with Crippen molar-refractivity contribution < 1.29 is 10.0 Å². The maximum absolute atomic E-state index is 11.8. The van der Waals surface area contributed by atoms with Crippen molar-refractivity contribution in [2.45, 2.75) is 20.8 Å². The predicted octanol–water partition coefficient (Wildman–Crippen LogP) is 3.91. The lowest BCUT2D eigenvalue weighted by atomic mass is 10.0. The van der Waals surface area contributed by atoms with Crippen molar-refractivity contribution in [3.8, 4) is 0 Å². The van der Waals surface area contributed by atoms with Crippen molar-refractivity contribution >= 4 is 28.7 Å². The standard InChI is InChI=1S/C19H20N4O2S/c1-4-20-18(24)22-19-21-16(15-10-12(2)9-13(3)11-15)17(26-19)14-5-7-23(25)8-6-14/h5-11,25H,4H2,1-3H3,(H,20,24). The number of hydroxylamine groups is 2. The Morgan fingerprint density at radius 1 is 1.23 bits per heavy atom. The van der Waals surface area contributed by atoms with Gasteiger partial charge in [0.15, 0.2) is 5.17 Å². The molecule has 6 nitrogen and oxygen atoms in total. The first-order chi connectivity index (χ1) is 12.5. The van der Waals surface area contributed by atoms with Crippen LogP contribution in [0.5, 0.6) is 0 Å². The summed E-state index contributed by atoms with van der Waals surface area (Å²) in [6.07, 6.45) is 6.72. The molecule has 26 heavy (non-hydrogen) atoms. The van der Waals surface area contributed by atoms with Crippen LogP contribution in [0.15, 0.2) is 63.2 Å². The number of hydrogen-bond donors (Lipinski definition) is 2. The molecular formula is C19H20N4O2S. The maximum atomic E-state index is 11.8. The number of benzene rings is 1. The van der Waals surface area contributed by atoms with Crippen LogP contribution in [0.4, 0.5) is 4.79 Å². The summed E-state index contributed by atoms with van der Waals surface area (Å²) in [6, 6.07) is 5.83. The minimum atomic E-state index is -0.402. The number of amides is 2. The molecule has 0 spiro atoms. The van der Waals surface area contributed by atoms with E-state index >= 15 is 0 Å². The van der Waals surface area contributed by atoms with Crippen LogP contribution in [0.1, 0.15) is 23.6 Å². The van der Waals surface area contributed by atoms with Crippen molar-refractivity contribution in [1.29, 1.82) is 0 Å². The Labute approximate surface area is 156 Å². The Morgan fingerprint density at radius 3 is 2.50 bits per heavy atom. The molecule has 2 N–H and O–H groups in total. The summed E-state index contributed by atoms with van der Waals surface area (Å²) in [5, 5.41) is 13.5. The molecule has 0 radical (unpaired) electrons. The number of aliphatic imine (C=N–C) groups is 2. The van der Waals surface area contributed by atoms with Crippen molar-refractivity contribution in [2.75, 3.05) is 6.54 Å². The fourth-order valence-electron chi connectivity index (χ4n) is 2.71. The molecule has 1 aromatic rings. The molecule has 3 rings (SSSR count). The fraction of sp³-hybridized carbons (Fsp3) is 0.211. The third kappa shape index (κ3) is 4.12. The molecule has 0 saturated carbocycles. The molecule has 1 aromatic carbocycles. The smallest absolute Gasteiger partial charge is 0.336 e. The highest BCUT2D eigenvalue weighted by Gasteiger charge is 2.25. The van der Waals surface area contributed by atoms with Crippen molar-refractivity contribution in [1.82, 2.24) is 10.4 Å². The molecule has 2 aliphatic rings. The number of thioether (sulfide) groups is 1. The number of nitrogens with one attached hydrogen (secondary N) is 1. The van der Waals surface area contributed by atoms with E-state index in [4.69, 9.17) is 0 Å². The lowest BCUT2D eigenvalue weighted by Gasteiger charge is -2.13. The summed E-state index contributed by atoms with van der Waals surface area (Å²) in [7, 11) is 0. The summed E-state index contributed by atoms with van der Waals surface area (Å²) in [5.41, 5.74) is 4.94. The van der Waals surface area contributed by atoms with E-state index in [-0.39, 0.29) is 0 Å². The third-order valence-electron chi connectivity index (χ3n) is 3.71. The van der Waals surface area contributed by atoms with Gasteiger partial charge in [0.25, 0.3) is 0 Å². The molecule has 0 saturated heterocycles. The highest BCUT2D eigenvalue weighted by molar-refractivity contribution is 8.18. The van der Waals surface area contributed by atoms with Crippen molar-refractivity contribution in [3.63, 3.8) is 0 Å². The van der Waals surface area contributed by atoms with Crippen LogP contribution < -0.4 is 5.32 Å². The van der Waals surface area contributed by atoms with E-state index in [9.17, 15) is 10.0 Å². The molecular weight excluding hydrogens is 348 g/mol. The molecule has 2 amide bonds. The SMILES string of the molecule is CCNC(=O)N=C1N=C(c2cc(C)cc(C)c2)C(=C2C=CN(O)C=C2)S1. The summed E-state index contributed by atoms with van der Waals surface area (Å²) in [6.45, 7) is 6.44. The highest BCUT2D eigenvalue weighted by atomic mass is 32.2. The van der Waals surface area contributed by atoms with Gasteiger partial charge in [-0.1, -0.05) is 17.2 Å². The Hall–Kier alpha value is -2.64. The average molecular weight is 368 g/mol. The monoisotopic (exact) mass is 368 g/mol. The summed E-state index contributed by atoms with van der Waals surface area (Å²) in [4.78, 5) is 21.4. The molecule has 0 unspecified atom stereocenters. The lowest BCUT2D eigenvalue weighted by molar-refractivity contribution is 0.0105. The highest BCUT2D eigenvalue weighted by Crippen LogP contribution is 2.35. The van der Waals surface area contributed by atoms with Gasteiger partial charge in [0.05, 0.1) is 5.71 Å². The van der Waals surface area contributed by atoms with Crippen LogP contribution in [0.3, 0.4) is 0 Å². The van der Waals surface area contributed by atoms with Crippen molar-refractivity contribution in [2.24, 2.45) is 9.98 Å². The number of carbonyl (C=O) groups is 1. The van der Waals surface area contributed by atoms with Crippen LogP contribution in [0.25, 0.3) is 0 Å². The first kappa shape index (κ1) is 18.2. The van der Waals surface area contributed by atoms with Crippen LogP contribution in [-0.2, 0) is 0 Å². The van der Waals surface area contributed by atoms with E-state index in [0.717, 1.165) is 37.9 Å². The van der Waals surface area contributed by atoms with E-state index in [2.05, 4.69) is 33.5 Å². The van der Waals surface area contributed by atoms with Gasteiger partial charge in [-0.2, -0.15) is 4.99 Å². The average Bonchev–Trinajstić information content (AvgIpc) is 2.98. The van der Waals surface area contributed by atoms with E-state index in [1.165, 1.54) is 11.8 Å². The van der Waals surface area contributed by atoms with Gasteiger partial charge in [0.2, 0.25) is 0 Å². The zero-order chi connectivity index (χ0) is 18.7. The second-order valence-electron chi connectivity index (χ2n) is 5.96. The zero-order valence-electron chi connectivity index (χ0n) is 14.9. The summed E-state index contributed by atoms with van der Waals surface area (Å²) < 4.78 is 0. The number of nitrogens with zero attached hydrogens (tertiary/aromatic N) is 3. The van der Waals surface area contributed by atoms with Gasteiger partial charge >= 0.3 is 6.03 Å². The topological polar surface area (TPSA) is 77.3 Å². The predicted molar refractivity (Wildman–Crippen MR) is 105 cm³/mol. The van der Waals surface area contributed by atoms with E-state index in [1.807, 2.05) is 20.8 Å². The number of hydrogen-bond acceptors (Lipinski definition) is 4. The third-order valence-corrected chi connectivity index (χ3v) is 4.71. The minimum absolute atomic E-state index is 0.402. The Balaban J connectivity index is 2.08. The van der Waals surface area contributed by atoms with E-state index in [0.29, 0.717) is 11.7 Å². The Morgan fingerprint density at radius 2 is 1.88 bits per heavy atom. The maximum Gasteiger partial charge on any atom is 0.343 e. The fourth-order valence-corrected chi connectivity index (χ4v) is 3.67. The molecule has 2 aliphatic heterocycles. The first-order valence-electron chi connectivity index (χ1n) is 8.26. The Kier molecular flexibility index (Phi) is 5.39. The molecule has 0 bridgehead atoms. The first-order valence-corrected chi connectivity index (χ1v) is 9.08. The van der Waals surface area contributed by atoms with Gasteiger partial charge in [-0.3, -0.25) is 5.21 Å². The minimum Gasteiger partial charge on any atom is -0.336 e. The van der Waals surface area contributed by atoms with Gasteiger partial charge < -0.3 is 5.32 Å². The molecule has 2 heterocycles. The van der Waals surface area contributed by atoms with Gasteiger partial charge in [-0.15, -0.1) is 0 Å². The van der Waals surface area contributed by atoms with Gasteiger partial charge in [0, 0.05) is 29.4 Å². The normalized spacial score (nSPS) is 17.9. The number of rotatable bonds is 2. The van der Waals surface area contributed by atoms with E-state index in [1.54, 1.807) is 24.6 Å². The van der Waals surface area contributed by atoms with Crippen LogP contribution >= 0.6 is 11.8 Å². The van der Waals surface area contributed by atoms with E-state index < -0.39 is 6.03 Å².